The standard InChI is InChI=1S/C11H14N2O3/c14-10-8-12-3-2-9(10)11(15)13-4-1-6-16-7-5-13/h2-3,8,14H,1,4-7H2. The number of amides is 1. The number of carbonyl (C=O) groups excluding carboxylic acids is 1. The van der Waals surface area contributed by atoms with E-state index < -0.39 is 0 Å². The molecule has 2 rings (SSSR count). The minimum atomic E-state index is -0.162. The van der Waals surface area contributed by atoms with Crippen LogP contribution in [0.15, 0.2) is 18.5 Å². The average Bonchev–Trinajstić information content (AvgIpc) is 2.57. The quantitative estimate of drug-likeness (QED) is 0.757. The second kappa shape index (κ2) is 4.94. The maximum absolute atomic E-state index is 12.1. The molecule has 1 fully saturated rings. The average molecular weight is 222 g/mol. The lowest BCUT2D eigenvalue weighted by Gasteiger charge is -2.19. The number of rotatable bonds is 1. The molecule has 5 heteroatoms. The van der Waals surface area contributed by atoms with E-state index in [0.29, 0.717) is 31.9 Å². The van der Waals surface area contributed by atoms with Gasteiger partial charge in [-0.3, -0.25) is 9.78 Å². The molecule has 0 saturated carbocycles. The van der Waals surface area contributed by atoms with Gasteiger partial charge in [0.05, 0.1) is 18.4 Å². The first-order valence-corrected chi connectivity index (χ1v) is 5.29. The lowest BCUT2D eigenvalue weighted by atomic mass is 10.2. The van der Waals surface area contributed by atoms with Gasteiger partial charge in [-0.25, -0.2) is 0 Å². The molecular weight excluding hydrogens is 208 g/mol. The highest BCUT2D eigenvalue weighted by molar-refractivity contribution is 5.96. The third kappa shape index (κ3) is 2.30. The van der Waals surface area contributed by atoms with Crippen molar-refractivity contribution in [1.29, 1.82) is 0 Å². The van der Waals surface area contributed by atoms with Crippen molar-refractivity contribution in [1.82, 2.24) is 9.88 Å². The molecule has 1 saturated heterocycles. The van der Waals surface area contributed by atoms with E-state index in [2.05, 4.69) is 4.98 Å². The largest absolute Gasteiger partial charge is 0.505 e. The summed E-state index contributed by atoms with van der Waals surface area (Å²) in [6.07, 6.45) is 3.61. The van der Waals surface area contributed by atoms with Gasteiger partial charge in [0.1, 0.15) is 5.75 Å². The molecule has 1 aliphatic rings. The lowest BCUT2D eigenvalue weighted by Crippen LogP contribution is -2.33. The van der Waals surface area contributed by atoms with Crippen molar-refractivity contribution in [3.8, 4) is 5.75 Å². The maximum Gasteiger partial charge on any atom is 0.257 e. The van der Waals surface area contributed by atoms with Crippen molar-refractivity contribution < 1.29 is 14.6 Å². The predicted molar refractivity (Wildman–Crippen MR) is 57.2 cm³/mol. The molecule has 0 unspecified atom stereocenters. The number of ether oxygens (including phenoxy) is 1. The van der Waals surface area contributed by atoms with Crippen molar-refractivity contribution in [3.63, 3.8) is 0 Å². The van der Waals surface area contributed by atoms with Crippen LogP contribution in [-0.4, -0.2) is 47.2 Å². The zero-order chi connectivity index (χ0) is 11.4. The van der Waals surface area contributed by atoms with Crippen molar-refractivity contribution in [3.05, 3.63) is 24.0 Å². The summed E-state index contributed by atoms with van der Waals surface area (Å²) in [5, 5.41) is 9.54. The monoisotopic (exact) mass is 222 g/mol. The molecule has 1 aromatic rings. The summed E-state index contributed by atoms with van der Waals surface area (Å²) in [7, 11) is 0. The van der Waals surface area contributed by atoms with Crippen LogP contribution in [0.5, 0.6) is 5.75 Å². The van der Waals surface area contributed by atoms with Crippen LogP contribution in [0, 0.1) is 0 Å². The van der Waals surface area contributed by atoms with Gasteiger partial charge in [0.15, 0.2) is 0 Å². The van der Waals surface area contributed by atoms with Crippen LogP contribution in [0.1, 0.15) is 16.8 Å². The first-order chi connectivity index (χ1) is 7.79. The van der Waals surface area contributed by atoms with Gasteiger partial charge in [0.25, 0.3) is 5.91 Å². The van der Waals surface area contributed by atoms with E-state index in [0.717, 1.165) is 6.42 Å². The topological polar surface area (TPSA) is 62.7 Å². The Balaban J connectivity index is 2.14. The Morgan fingerprint density at radius 2 is 2.31 bits per heavy atom. The van der Waals surface area contributed by atoms with E-state index in [9.17, 15) is 9.90 Å². The Morgan fingerprint density at radius 3 is 3.12 bits per heavy atom. The highest BCUT2D eigenvalue weighted by Gasteiger charge is 2.19. The Bertz CT molecular complexity index is 373. The Morgan fingerprint density at radius 1 is 1.44 bits per heavy atom. The predicted octanol–water partition coefficient (Wildman–Crippen LogP) is 0.650. The minimum absolute atomic E-state index is 0.0716. The molecule has 0 aromatic carbocycles. The van der Waals surface area contributed by atoms with Gasteiger partial charge in [-0.2, -0.15) is 0 Å². The number of carbonyl (C=O) groups is 1. The molecule has 1 N–H and O–H groups in total. The zero-order valence-corrected chi connectivity index (χ0v) is 8.93. The SMILES string of the molecule is O=C(c1ccncc1O)N1CCCOCC1. The minimum Gasteiger partial charge on any atom is -0.505 e. The zero-order valence-electron chi connectivity index (χ0n) is 8.93. The van der Waals surface area contributed by atoms with Crippen LogP contribution in [0.2, 0.25) is 0 Å². The number of aromatic hydroxyl groups is 1. The van der Waals surface area contributed by atoms with E-state index in [1.807, 2.05) is 0 Å². The summed E-state index contributed by atoms with van der Waals surface area (Å²) in [6.45, 7) is 2.48. The van der Waals surface area contributed by atoms with Crippen molar-refractivity contribution >= 4 is 5.91 Å². The van der Waals surface area contributed by atoms with Gasteiger partial charge < -0.3 is 14.7 Å². The molecule has 0 atom stereocenters. The fraction of sp³-hybridized carbons (Fsp3) is 0.455. The van der Waals surface area contributed by atoms with Crippen molar-refractivity contribution in [2.75, 3.05) is 26.3 Å². The Labute approximate surface area is 93.7 Å². The van der Waals surface area contributed by atoms with Crippen LogP contribution >= 0.6 is 0 Å². The van der Waals surface area contributed by atoms with Crippen LogP contribution in [-0.2, 0) is 4.74 Å². The fourth-order valence-corrected chi connectivity index (χ4v) is 1.69. The summed E-state index contributed by atoms with van der Waals surface area (Å²) >= 11 is 0. The molecule has 0 spiro atoms. The molecular formula is C11H14N2O3. The molecule has 2 heterocycles. The van der Waals surface area contributed by atoms with E-state index in [4.69, 9.17) is 4.74 Å². The van der Waals surface area contributed by atoms with Crippen molar-refractivity contribution in [2.45, 2.75) is 6.42 Å². The van der Waals surface area contributed by atoms with Gasteiger partial charge in [-0.05, 0) is 12.5 Å². The van der Waals surface area contributed by atoms with Gasteiger partial charge >= 0.3 is 0 Å². The first kappa shape index (κ1) is 10.9. The highest BCUT2D eigenvalue weighted by atomic mass is 16.5. The fourth-order valence-electron chi connectivity index (χ4n) is 1.69. The van der Waals surface area contributed by atoms with Crippen LogP contribution in [0.25, 0.3) is 0 Å². The normalized spacial score (nSPS) is 16.9. The van der Waals surface area contributed by atoms with Crippen LogP contribution in [0.3, 0.4) is 0 Å². The lowest BCUT2D eigenvalue weighted by molar-refractivity contribution is 0.0738. The van der Waals surface area contributed by atoms with Gasteiger partial charge in [0, 0.05) is 25.9 Å². The molecule has 1 aliphatic heterocycles. The second-order valence-corrected chi connectivity index (χ2v) is 3.65. The molecule has 0 bridgehead atoms. The number of hydrogen-bond donors (Lipinski definition) is 1. The third-order valence-corrected chi connectivity index (χ3v) is 2.54. The first-order valence-electron chi connectivity index (χ1n) is 5.29. The van der Waals surface area contributed by atoms with Crippen LogP contribution in [0.4, 0.5) is 0 Å². The smallest absolute Gasteiger partial charge is 0.257 e. The van der Waals surface area contributed by atoms with E-state index >= 15 is 0 Å². The molecule has 1 aromatic heterocycles. The summed E-state index contributed by atoms with van der Waals surface area (Å²) in [4.78, 5) is 17.5. The Kier molecular flexibility index (Phi) is 3.36. The molecule has 86 valence electrons. The number of hydrogen-bond acceptors (Lipinski definition) is 4. The molecule has 16 heavy (non-hydrogen) atoms. The van der Waals surface area contributed by atoms with E-state index in [1.165, 1.54) is 18.5 Å². The van der Waals surface area contributed by atoms with Gasteiger partial charge in [-0.15, -0.1) is 0 Å². The third-order valence-electron chi connectivity index (χ3n) is 2.54. The van der Waals surface area contributed by atoms with Crippen molar-refractivity contribution in [2.24, 2.45) is 0 Å². The summed E-state index contributed by atoms with van der Waals surface area (Å²) in [5.74, 6) is -0.233. The summed E-state index contributed by atoms with van der Waals surface area (Å²) in [5.41, 5.74) is 0.303. The molecule has 5 nitrogen and oxygen atoms in total. The summed E-state index contributed by atoms with van der Waals surface area (Å²) in [6, 6.07) is 1.53. The second-order valence-electron chi connectivity index (χ2n) is 3.65. The highest BCUT2D eigenvalue weighted by Crippen LogP contribution is 2.17. The number of aromatic nitrogens is 1. The molecule has 1 amide bonds. The Hall–Kier alpha value is -1.62. The molecule has 0 aliphatic carbocycles. The van der Waals surface area contributed by atoms with E-state index in [-0.39, 0.29) is 11.7 Å². The van der Waals surface area contributed by atoms with Gasteiger partial charge in [0.2, 0.25) is 0 Å². The van der Waals surface area contributed by atoms with Gasteiger partial charge in [-0.1, -0.05) is 0 Å². The maximum atomic E-state index is 12.1. The number of pyridine rings is 1. The van der Waals surface area contributed by atoms with Crippen LogP contribution < -0.4 is 0 Å². The van der Waals surface area contributed by atoms with E-state index in [1.54, 1.807) is 4.90 Å². The molecule has 0 radical (unpaired) electrons. The summed E-state index contributed by atoms with van der Waals surface area (Å²) < 4.78 is 5.27. The number of nitrogens with zero attached hydrogens (tertiary/aromatic N) is 2.